The van der Waals surface area contributed by atoms with E-state index in [1.165, 1.54) is 42.5 Å². The molecular formula is C17H18F3N3O6S. The maximum atomic E-state index is 12.3. The molecule has 4 N–H and O–H groups in total. The predicted octanol–water partition coefficient (Wildman–Crippen LogP) is 1.37. The van der Waals surface area contributed by atoms with Gasteiger partial charge in [0.2, 0.25) is 15.9 Å². The van der Waals surface area contributed by atoms with Crippen molar-refractivity contribution in [3.63, 3.8) is 0 Å². The van der Waals surface area contributed by atoms with Crippen molar-refractivity contribution < 1.29 is 41.3 Å². The molecule has 1 aromatic carbocycles. The van der Waals surface area contributed by atoms with E-state index in [9.17, 15) is 26.4 Å². The van der Waals surface area contributed by atoms with Crippen molar-refractivity contribution in [2.24, 2.45) is 0 Å². The lowest BCUT2D eigenvalue weighted by molar-refractivity contribution is -0.210. The first-order valence-electron chi connectivity index (χ1n) is 8.37. The van der Waals surface area contributed by atoms with Crippen LogP contribution in [0.3, 0.4) is 0 Å². The lowest BCUT2D eigenvalue weighted by atomic mass is 10.2. The van der Waals surface area contributed by atoms with Crippen LogP contribution in [0.15, 0.2) is 42.5 Å². The number of carbonyl (C=O) groups excluding carboxylic acids is 1. The topological polar surface area (TPSA) is 138 Å². The van der Waals surface area contributed by atoms with E-state index in [4.69, 9.17) is 14.9 Å². The van der Waals surface area contributed by atoms with Gasteiger partial charge in [-0.2, -0.15) is 18.2 Å². The molecule has 0 aliphatic rings. The number of carbonyl (C=O) groups is 1. The summed E-state index contributed by atoms with van der Waals surface area (Å²) >= 11 is 0. The molecule has 9 nitrogen and oxygen atoms in total. The molecule has 13 heteroatoms. The van der Waals surface area contributed by atoms with Crippen LogP contribution >= 0.6 is 0 Å². The summed E-state index contributed by atoms with van der Waals surface area (Å²) in [6, 6.07) is 9.38. The van der Waals surface area contributed by atoms with Gasteiger partial charge in [-0.3, -0.25) is 9.52 Å². The molecule has 0 aliphatic heterocycles. The van der Waals surface area contributed by atoms with Gasteiger partial charge in [0.25, 0.3) is 5.91 Å². The molecule has 0 saturated heterocycles. The molecule has 30 heavy (non-hydrogen) atoms. The third kappa shape index (κ3) is 7.17. The molecule has 2 rings (SSSR count). The maximum absolute atomic E-state index is 12.3. The SMILES string of the molecule is O=C(Nc1cccc(OCC(O)C(F)(F)F)n1)c1ccc(NS(=O)(=O)CCO)cc1. The quantitative estimate of drug-likeness (QED) is 0.454. The highest BCUT2D eigenvalue weighted by molar-refractivity contribution is 7.92. The van der Waals surface area contributed by atoms with Gasteiger partial charge in [-0.05, 0) is 30.3 Å². The number of ether oxygens (including phenoxy) is 1. The van der Waals surface area contributed by atoms with Gasteiger partial charge < -0.3 is 20.3 Å². The van der Waals surface area contributed by atoms with Crippen LogP contribution in [0.4, 0.5) is 24.7 Å². The Morgan fingerprint density at radius 1 is 1.17 bits per heavy atom. The van der Waals surface area contributed by atoms with E-state index < -0.39 is 47.2 Å². The van der Waals surface area contributed by atoms with Gasteiger partial charge in [0.1, 0.15) is 12.4 Å². The monoisotopic (exact) mass is 449 g/mol. The zero-order valence-electron chi connectivity index (χ0n) is 15.3. The molecule has 1 atom stereocenters. The Morgan fingerprint density at radius 3 is 2.43 bits per heavy atom. The van der Waals surface area contributed by atoms with Gasteiger partial charge in [-0.25, -0.2) is 8.42 Å². The molecule has 1 heterocycles. The van der Waals surface area contributed by atoms with E-state index in [0.29, 0.717) is 0 Å². The minimum atomic E-state index is -4.83. The molecule has 0 aliphatic carbocycles. The zero-order valence-corrected chi connectivity index (χ0v) is 16.1. The van der Waals surface area contributed by atoms with E-state index >= 15 is 0 Å². The van der Waals surface area contributed by atoms with Crippen LogP contribution in [0.5, 0.6) is 5.88 Å². The first-order chi connectivity index (χ1) is 14.0. The number of hydrogen-bond donors (Lipinski definition) is 4. The van der Waals surface area contributed by atoms with Crippen LogP contribution < -0.4 is 14.8 Å². The number of alkyl halides is 3. The first kappa shape index (κ1) is 23.4. The van der Waals surface area contributed by atoms with Crippen LogP contribution in [-0.4, -0.2) is 60.8 Å². The summed E-state index contributed by atoms with van der Waals surface area (Å²) in [6.45, 7) is -1.59. The van der Waals surface area contributed by atoms with E-state index in [2.05, 4.69) is 15.0 Å². The Balaban J connectivity index is 1.99. The molecule has 1 aromatic heterocycles. The average Bonchev–Trinajstić information content (AvgIpc) is 2.65. The Morgan fingerprint density at radius 2 is 1.83 bits per heavy atom. The van der Waals surface area contributed by atoms with Crippen molar-refractivity contribution in [1.82, 2.24) is 4.98 Å². The normalized spacial score (nSPS) is 12.8. The number of nitrogens with zero attached hydrogens (tertiary/aromatic N) is 1. The van der Waals surface area contributed by atoms with Crippen molar-refractivity contribution in [3.05, 3.63) is 48.0 Å². The van der Waals surface area contributed by atoms with Crippen molar-refractivity contribution in [3.8, 4) is 5.88 Å². The number of pyridine rings is 1. The first-order valence-corrected chi connectivity index (χ1v) is 10.0. The highest BCUT2D eigenvalue weighted by Crippen LogP contribution is 2.21. The van der Waals surface area contributed by atoms with Crippen LogP contribution in [0.1, 0.15) is 10.4 Å². The lowest BCUT2D eigenvalue weighted by Gasteiger charge is -2.15. The largest absolute Gasteiger partial charge is 0.474 e. The fraction of sp³-hybridized carbons (Fsp3) is 0.294. The van der Waals surface area contributed by atoms with Crippen molar-refractivity contribution in [2.75, 3.05) is 29.0 Å². The van der Waals surface area contributed by atoms with Crippen molar-refractivity contribution in [1.29, 1.82) is 0 Å². The fourth-order valence-electron chi connectivity index (χ4n) is 2.05. The number of hydrogen-bond acceptors (Lipinski definition) is 7. The number of aliphatic hydroxyl groups excluding tert-OH is 2. The maximum Gasteiger partial charge on any atom is 0.417 e. The smallest absolute Gasteiger partial charge is 0.417 e. The predicted molar refractivity (Wildman–Crippen MR) is 101 cm³/mol. The third-order valence-electron chi connectivity index (χ3n) is 3.51. The van der Waals surface area contributed by atoms with Crippen LogP contribution in [0, 0.1) is 0 Å². The number of halogens is 3. The standard InChI is InChI=1S/C17H18F3N3O6S/c18-17(19,20)13(25)10-29-15-3-1-2-14(21-15)22-16(26)11-4-6-12(7-5-11)23-30(27,28)9-8-24/h1-7,13,23-25H,8-10H2,(H,21,22,26). The van der Waals surface area contributed by atoms with E-state index in [1.807, 2.05) is 0 Å². The summed E-state index contributed by atoms with van der Waals surface area (Å²) < 4.78 is 67.1. The van der Waals surface area contributed by atoms with Crippen LogP contribution in [0.2, 0.25) is 0 Å². The molecular weight excluding hydrogens is 431 g/mol. The molecule has 0 fully saturated rings. The minimum Gasteiger partial charge on any atom is -0.474 e. The van der Waals surface area contributed by atoms with Gasteiger partial charge in [-0.15, -0.1) is 0 Å². The second kappa shape index (κ2) is 9.73. The Kier molecular flexibility index (Phi) is 7.59. The molecule has 0 bridgehead atoms. The van der Waals surface area contributed by atoms with E-state index in [0.717, 1.165) is 0 Å². The van der Waals surface area contributed by atoms with Gasteiger partial charge in [-0.1, -0.05) is 6.07 Å². The molecule has 1 amide bonds. The molecule has 0 spiro atoms. The summed E-state index contributed by atoms with van der Waals surface area (Å²) in [5.41, 5.74) is 0.345. The van der Waals surface area contributed by atoms with E-state index in [-0.39, 0.29) is 22.9 Å². The zero-order chi connectivity index (χ0) is 22.4. The average molecular weight is 449 g/mol. The van der Waals surface area contributed by atoms with Crippen molar-refractivity contribution >= 4 is 27.4 Å². The van der Waals surface area contributed by atoms with Crippen LogP contribution in [-0.2, 0) is 10.0 Å². The molecule has 0 saturated carbocycles. The molecule has 0 radical (unpaired) electrons. The fourth-order valence-corrected chi connectivity index (χ4v) is 2.89. The summed E-state index contributed by atoms with van der Waals surface area (Å²) in [7, 11) is -3.70. The number of aliphatic hydroxyl groups is 2. The van der Waals surface area contributed by atoms with Gasteiger partial charge in [0.15, 0.2) is 6.10 Å². The third-order valence-corrected chi connectivity index (χ3v) is 4.78. The highest BCUT2D eigenvalue weighted by Gasteiger charge is 2.38. The Labute approximate surface area is 169 Å². The van der Waals surface area contributed by atoms with Gasteiger partial charge in [0, 0.05) is 17.3 Å². The summed E-state index contributed by atoms with van der Waals surface area (Å²) in [5, 5.41) is 20.1. The second-order valence-corrected chi connectivity index (χ2v) is 7.75. The van der Waals surface area contributed by atoms with Gasteiger partial charge >= 0.3 is 6.18 Å². The number of aromatic nitrogens is 1. The number of benzene rings is 1. The van der Waals surface area contributed by atoms with Crippen LogP contribution in [0.25, 0.3) is 0 Å². The van der Waals surface area contributed by atoms with Gasteiger partial charge in [0.05, 0.1) is 12.4 Å². The Bertz CT molecular complexity index is 967. The summed E-state index contributed by atoms with van der Waals surface area (Å²) in [4.78, 5) is 16.1. The minimum absolute atomic E-state index is 0.00766. The lowest BCUT2D eigenvalue weighted by Crippen LogP contribution is -2.34. The molecule has 2 aromatic rings. The summed E-state index contributed by atoms with van der Waals surface area (Å²) in [6.07, 6.45) is -7.50. The van der Waals surface area contributed by atoms with Crippen molar-refractivity contribution in [2.45, 2.75) is 12.3 Å². The number of anilines is 2. The molecule has 164 valence electrons. The molecule has 1 unspecified atom stereocenters. The number of sulfonamides is 1. The summed E-state index contributed by atoms with van der Waals surface area (Å²) in [5.74, 6) is -1.32. The van der Waals surface area contributed by atoms with E-state index in [1.54, 1.807) is 0 Å². The second-order valence-electron chi connectivity index (χ2n) is 5.91. The Hall–Kier alpha value is -2.90. The number of rotatable bonds is 9. The highest BCUT2D eigenvalue weighted by atomic mass is 32.2. The number of amides is 1. The number of nitrogens with one attached hydrogen (secondary N) is 2.